The lowest BCUT2D eigenvalue weighted by Crippen LogP contribution is -1.85. The van der Waals surface area contributed by atoms with Crippen molar-refractivity contribution in [3.63, 3.8) is 0 Å². The summed E-state index contributed by atoms with van der Waals surface area (Å²) in [6, 6.07) is 19.6. The van der Waals surface area contributed by atoms with Crippen LogP contribution in [0.15, 0.2) is 83.2 Å². The minimum Gasteiger partial charge on any atom is -0.333 e. The monoisotopic (exact) mass is 403 g/mol. The van der Waals surface area contributed by atoms with E-state index in [1.807, 2.05) is 60.7 Å². The summed E-state index contributed by atoms with van der Waals surface area (Å²) in [6.45, 7) is 0. The maximum absolute atomic E-state index is 6.06. The number of halogens is 1. The number of hydrogen-bond acceptors (Lipinski definition) is 4. The predicted molar refractivity (Wildman–Crippen MR) is 112 cm³/mol. The van der Waals surface area contributed by atoms with Crippen LogP contribution >= 0.6 is 23.4 Å². The number of H-pyrrole nitrogens is 2. The Balaban J connectivity index is 1.62. The maximum Gasteiger partial charge on any atom is 0.172 e. The third-order valence-corrected chi connectivity index (χ3v) is 5.52. The molecule has 2 N–H and O–H groups in total. The van der Waals surface area contributed by atoms with E-state index in [-0.39, 0.29) is 0 Å². The van der Waals surface area contributed by atoms with Crippen LogP contribution in [0.5, 0.6) is 0 Å². The van der Waals surface area contributed by atoms with Gasteiger partial charge in [0.15, 0.2) is 5.16 Å². The Morgan fingerprint density at radius 3 is 2.43 bits per heavy atom. The van der Waals surface area contributed by atoms with E-state index in [1.165, 1.54) is 11.8 Å². The van der Waals surface area contributed by atoms with E-state index in [0.29, 0.717) is 5.02 Å². The van der Waals surface area contributed by atoms with E-state index in [2.05, 4.69) is 25.1 Å². The van der Waals surface area contributed by atoms with Gasteiger partial charge in [-0.25, -0.2) is 4.98 Å². The fourth-order valence-electron chi connectivity index (χ4n) is 3.08. The summed E-state index contributed by atoms with van der Waals surface area (Å²) >= 11 is 7.55. The lowest BCUT2D eigenvalue weighted by atomic mass is 10.0. The molecule has 0 spiro atoms. The molecule has 0 amide bonds. The molecule has 28 heavy (non-hydrogen) atoms. The van der Waals surface area contributed by atoms with Gasteiger partial charge < -0.3 is 4.98 Å². The lowest BCUT2D eigenvalue weighted by Gasteiger charge is -2.06. The largest absolute Gasteiger partial charge is 0.333 e. The summed E-state index contributed by atoms with van der Waals surface area (Å²) in [5.74, 6) is 0. The smallest absolute Gasteiger partial charge is 0.172 e. The number of hydrogen-bond donors (Lipinski definition) is 2. The van der Waals surface area contributed by atoms with E-state index >= 15 is 0 Å². The van der Waals surface area contributed by atoms with Crippen molar-refractivity contribution in [3.8, 4) is 22.4 Å². The van der Waals surface area contributed by atoms with Crippen LogP contribution in [0.2, 0.25) is 5.02 Å². The number of nitrogens with one attached hydrogen (secondary N) is 2. The highest BCUT2D eigenvalue weighted by Gasteiger charge is 2.19. The van der Waals surface area contributed by atoms with Gasteiger partial charge in [0.2, 0.25) is 0 Å². The molecule has 5 nitrogen and oxygen atoms in total. The Morgan fingerprint density at radius 1 is 0.857 bits per heavy atom. The van der Waals surface area contributed by atoms with Crippen LogP contribution < -0.4 is 0 Å². The molecule has 0 bridgehead atoms. The van der Waals surface area contributed by atoms with Crippen LogP contribution in [-0.4, -0.2) is 25.1 Å². The van der Waals surface area contributed by atoms with Crippen molar-refractivity contribution < 1.29 is 0 Å². The van der Waals surface area contributed by atoms with Crippen LogP contribution in [0.4, 0.5) is 0 Å². The summed E-state index contributed by atoms with van der Waals surface area (Å²) < 4.78 is 0. The van der Waals surface area contributed by atoms with Gasteiger partial charge in [0.1, 0.15) is 5.03 Å². The van der Waals surface area contributed by atoms with Gasteiger partial charge in [-0.3, -0.25) is 10.1 Å². The average Bonchev–Trinajstić information content (AvgIpc) is 3.33. The van der Waals surface area contributed by atoms with Gasteiger partial charge in [-0.2, -0.15) is 5.10 Å². The highest BCUT2D eigenvalue weighted by Crippen LogP contribution is 2.40. The van der Waals surface area contributed by atoms with Crippen molar-refractivity contribution in [2.45, 2.75) is 10.2 Å². The van der Waals surface area contributed by atoms with E-state index < -0.39 is 0 Å². The molecular formula is C21H14ClN5S. The molecular weight excluding hydrogens is 390 g/mol. The van der Waals surface area contributed by atoms with E-state index in [1.54, 1.807) is 12.4 Å². The van der Waals surface area contributed by atoms with Crippen LogP contribution in [-0.2, 0) is 0 Å². The number of nitrogens with zero attached hydrogens (tertiary/aromatic N) is 3. The molecule has 0 unspecified atom stereocenters. The lowest BCUT2D eigenvalue weighted by molar-refractivity contribution is 0.994. The highest BCUT2D eigenvalue weighted by molar-refractivity contribution is 7.99. The number of aromatic amines is 2. The maximum atomic E-state index is 6.06. The zero-order valence-corrected chi connectivity index (χ0v) is 16.1. The molecule has 136 valence electrons. The standard InChI is InChI=1S/C21H14ClN5S/c22-15-7-5-14(6-8-15)19-18(13-9-11-23-12-10-13)20(27-26-19)28-21-24-16-3-1-2-4-17(16)25-21/h1-12H,(H,24,25)(H,26,27). The number of benzene rings is 2. The third kappa shape index (κ3) is 3.17. The van der Waals surface area contributed by atoms with Crippen LogP contribution in [0.1, 0.15) is 0 Å². The highest BCUT2D eigenvalue weighted by atomic mass is 35.5. The molecule has 0 fully saturated rings. The molecule has 0 saturated heterocycles. The first-order valence-electron chi connectivity index (χ1n) is 8.65. The van der Waals surface area contributed by atoms with Gasteiger partial charge in [0, 0.05) is 28.5 Å². The number of fused-ring (bicyclic) bond motifs is 1. The summed E-state index contributed by atoms with van der Waals surface area (Å²) in [5, 5.41) is 10.1. The Bertz CT molecular complexity index is 1210. The van der Waals surface area contributed by atoms with Crippen molar-refractivity contribution in [1.82, 2.24) is 25.1 Å². The topological polar surface area (TPSA) is 70.2 Å². The summed E-state index contributed by atoms with van der Waals surface area (Å²) in [6.07, 6.45) is 3.56. The summed E-state index contributed by atoms with van der Waals surface area (Å²) in [5.41, 5.74) is 5.93. The SMILES string of the molecule is Clc1ccc(-c2[nH]nc(Sc3nc4ccccc4[nH]3)c2-c2ccncc2)cc1. The molecule has 5 aromatic rings. The van der Waals surface area contributed by atoms with Crippen molar-refractivity contribution in [1.29, 1.82) is 0 Å². The van der Waals surface area contributed by atoms with Crippen LogP contribution in [0.25, 0.3) is 33.4 Å². The number of rotatable bonds is 4. The molecule has 2 aromatic carbocycles. The minimum absolute atomic E-state index is 0.700. The molecule has 5 rings (SSSR count). The van der Waals surface area contributed by atoms with E-state index in [4.69, 9.17) is 11.6 Å². The second-order valence-electron chi connectivity index (χ2n) is 6.18. The second-order valence-corrected chi connectivity index (χ2v) is 7.60. The quantitative estimate of drug-likeness (QED) is 0.396. The number of imidazole rings is 1. The molecule has 0 atom stereocenters. The molecule has 0 aliphatic rings. The van der Waals surface area contributed by atoms with Crippen molar-refractivity contribution in [3.05, 3.63) is 78.1 Å². The zero-order chi connectivity index (χ0) is 18.9. The average molecular weight is 404 g/mol. The molecule has 0 saturated carbocycles. The van der Waals surface area contributed by atoms with Crippen molar-refractivity contribution in [2.24, 2.45) is 0 Å². The van der Waals surface area contributed by atoms with Crippen LogP contribution in [0.3, 0.4) is 0 Å². The molecule has 7 heteroatoms. The zero-order valence-electron chi connectivity index (χ0n) is 14.6. The first-order valence-corrected chi connectivity index (χ1v) is 9.85. The molecule has 0 aliphatic heterocycles. The Hall–Kier alpha value is -3.09. The van der Waals surface area contributed by atoms with Gasteiger partial charge in [0.25, 0.3) is 0 Å². The van der Waals surface area contributed by atoms with Crippen molar-refractivity contribution in [2.75, 3.05) is 0 Å². The third-order valence-electron chi connectivity index (χ3n) is 4.40. The number of aromatic nitrogens is 5. The van der Waals surface area contributed by atoms with E-state index in [9.17, 15) is 0 Å². The first-order chi connectivity index (χ1) is 13.8. The Labute approximate surface area is 170 Å². The first kappa shape index (κ1) is 17.0. The fraction of sp³-hybridized carbons (Fsp3) is 0. The Morgan fingerprint density at radius 2 is 1.64 bits per heavy atom. The summed E-state index contributed by atoms with van der Waals surface area (Å²) in [4.78, 5) is 12.1. The molecule has 3 heterocycles. The fourth-order valence-corrected chi connectivity index (χ4v) is 4.11. The van der Waals surface area contributed by atoms with Gasteiger partial charge in [0.05, 0.1) is 16.7 Å². The minimum atomic E-state index is 0.700. The van der Waals surface area contributed by atoms with E-state index in [0.717, 1.165) is 43.6 Å². The van der Waals surface area contributed by atoms with Gasteiger partial charge >= 0.3 is 0 Å². The normalized spacial score (nSPS) is 11.2. The van der Waals surface area contributed by atoms with Gasteiger partial charge in [-0.15, -0.1) is 0 Å². The number of pyridine rings is 1. The van der Waals surface area contributed by atoms with Crippen LogP contribution in [0, 0.1) is 0 Å². The van der Waals surface area contributed by atoms with Gasteiger partial charge in [-0.05, 0) is 53.7 Å². The summed E-state index contributed by atoms with van der Waals surface area (Å²) in [7, 11) is 0. The molecule has 3 aromatic heterocycles. The number of para-hydroxylation sites is 2. The van der Waals surface area contributed by atoms with Crippen molar-refractivity contribution >= 4 is 34.4 Å². The Kier molecular flexibility index (Phi) is 4.35. The molecule has 0 radical (unpaired) electrons. The van der Waals surface area contributed by atoms with Gasteiger partial charge in [-0.1, -0.05) is 35.9 Å². The molecule has 0 aliphatic carbocycles. The predicted octanol–water partition coefficient (Wildman–Crippen LogP) is 5.82. The second kappa shape index (κ2) is 7.14.